The van der Waals surface area contributed by atoms with Crippen molar-refractivity contribution in [2.45, 2.75) is 18.9 Å². The molecule has 0 aliphatic carbocycles. The molecule has 0 aromatic heterocycles. The van der Waals surface area contributed by atoms with Crippen molar-refractivity contribution in [3.05, 3.63) is 0 Å². The second-order valence-corrected chi connectivity index (χ2v) is 5.52. The van der Waals surface area contributed by atoms with Gasteiger partial charge in [0.15, 0.2) is 6.04 Å². The fraction of sp³-hybridized carbons (Fsp3) is 0.857. The second-order valence-electron chi connectivity index (χ2n) is 3.37. The first-order valence-corrected chi connectivity index (χ1v) is 6.00. The Labute approximate surface area is 76.6 Å². The topological polar surface area (TPSA) is 48.0 Å². The van der Waals surface area contributed by atoms with Crippen molar-refractivity contribution in [2.75, 3.05) is 19.8 Å². The Kier molecular flexibility index (Phi) is 1.65. The van der Waals surface area contributed by atoms with Crippen molar-refractivity contribution in [3.63, 3.8) is 0 Å². The maximum atomic E-state index is 11.4. The predicted octanol–water partition coefficient (Wildman–Crippen LogP) is 0.732. The summed E-state index contributed by atoms with van der Waals surface area (Å²) in [5.41, 5.74) is 0. The van der Waals surface area contributed by atoms with Gasteiger partial charge in [0.25, 0.3) is 0 Å². The summed E-state index contributed by atoms with van der Waals surface area (Å²) in [6.45, 7) is 1.96. The number of nitrogens with zero attached hydrogens (tertiary/aromatic N) is 1. The van der Waals surface area contributed by atoms with Gasteiger partial charge >= 0.3 is 14.1 Å². The molecule has 3 saturated heterocycles. The average molecular weight is 204 g/mol. The summed E-state index contributed by atoms with van der Waals surface area (Å²) in [7, 11) is -2.37. The number of hydrogen-bond donors (Lipinski definition) is 0. The standard InChI is InChI=1S/C7H11NO4P/c9-7-6-2-1-3-8(6)13(12-7)10-4-5-11-13/h6H,1-5H2/q+1. The maximum absolute atomic E-state index is 11.4. The van der Waals surface area contributed by atoms with Gasteiger partial charge < -0.3 is 0 Å². The zero-order valence-electron chi connectivity index (χ0n) is 7.14. The average Bonchev–Trinajstić information content (AvgIpc) is 2.74. The monoisotopic (exact) mass is 204 g/mol. The molecule has 72 valence electrons. The molecular weight excluding hydrogens is 193 g/mol. The lowest BCUT2D eigenvalue weighted by molar-refractivity contribution is -0.134. The van der Waals surface area contributed by atoms with E-state index in [1.54, 1.807) is 0 Å². The fourth-order valence-electron chi connectivity index (χ4n) is 2.05. The highest BCUT2D eigenvalue weighted by Crippen LogP contribution is 2.73. The zero-order chi connectivity index (χ0) is 8.89. The van der Waals surface area contributed by atoms with Gasteiger partial charge in [-0.3, -0.25) is 0 Å². The molecule has 3 aliphatic rings. The van der Waals surface area contributed by atoms with E-state index in [0.717, 1.165) is 19.4 Å². The summed E-state index contributed by atoms with van der Waals surface area (Å²) in [5.74, 6) is -0.160. The number of hydrogen-bond acceptors (Lipinski definition) is 5. The van der Waals surface area contributed by atoms with Gasteiger partial charge in [-0.05, 0) is 12.8 Å². The first kappa shape index (κ1) is 8.12. The minimum Gasteiger partial charge on any atom is -0.245 e. The lowest BCUT2D eigenvalue weighted by atomic mass is 10.2. The Morgan fingerprint density at radius 1 is 1.38 bits per heavy atom. The molecule has 6 heteroatoms. The Balaban J connectivity index is 1.93. The molecule has 0 saturated carbocycles. The molecule has 1 atom stereocenters. The van der Waals surface area contributed by atoms with E-state index in [-0.39, 0.29) is 12.0 Å². The molecular formula is C7H11NO4P+. The fourth-order valence-corrected chi connectivity index (χ4v) is 4.53. The lowest BCUT2D eigenvalue weighted by Gasteiger charge is -2.14. The molecule has 1 unspecified atom stereocenters. The molecule has 3 fully saturated rings. The summed E-state index contributed by atoms with van der Waals surface area (Å²) >= 11 is 0. The van der Waals surface area contributed by atoms with Gasteiger partial charge in [0, 0.05) is 6.54 Å². The maximum Gasteiger partial charge on any atom is 0.553 e. The zero-order valence-corrected chi connectivity index (χ0v) is 8.03. The van der Waals surface area contributed by atoms with E-state index >= 15 is 0 Å². The van der Waals surface area contributed by atoms with Crippen LogP contribution in [0.2, 0.25) is 0 Å². The Bertz CT molecular complexity index is 253. The van der Waals surface area contributed by atoms with Crippen molar-refractivity contribution in [1.82, 2.24) is 4.67 Å². The Morgan fingerprint density at radius 3 is 2.92 bits per heavy atom. The predicted molar refractivity (Wildman–Crippen MR) is 44.6 cm³/mol. The Morgan fingerprint density at radius 2 is 2.15 bits per heavy atom. The van der Waals surface area contributed by atoms with Crippen molar-refractivity contribution >= 4 is 14.1 Å². The second kappa shape index (κ2) is 2.64. The van der Waals surface area contributed by atoms with Crippen LogP contribution in [0, 0.1) is 0 Å². The van der Waals surface area contributed by atoms with Gasteiger partial charge in [-0.25, -0.2) is 9.32 Å². The van der Waals surface area contributed by atoms with Gasteiger partial charge in [0.1, 0.15) is 13.2 Å². The molecule has 3 heterocycles. The van der Waals surface area contributed by atoms with Crippen molar-refractivity contribution in [3.8, 4) is 0 Å². The van der Waals surface area contributed by atoms with Crippen LogP contribution in [-0.2, 0) is 18.4 Å². The normalized spacial score (nSPS) is 36.9. The highest BCUT2D eigenvalue weighted by atomic mass is 31.2. The molecule has 1 spiro atoms. The van der Waals surface area contributed by atoms with Crippen LogP contribution in [-0.4, -0.2) is 36.4 Å². The van der Waals surface area contributed by atoms with Crippen LogP contribution >= 0.6 is 8.09 Å². The molecule has 13 heavy (non-hydrogen) atoms. The SMILES string of the molecule is O=C1O[P+]2(OCCO2)N2CCCC12. The molecule has 0 aromatic carbocycles. The molecule has 0 amide bonds. The van der Waals surface area contributed by atoms with Gasteiger partial charge in [-0.15, -0.1) is 0 Å². The third-order valence-electron chi connectivity index (χ3n) is 2.61. The van der Waals surface area contributed by atoms with E-state index in [1.165, 1.54) is 0 Å². The molecule has 5 nitrogen and oxygen atoms in total. The van der Waals surface area contributed by atoms with E-state index in [2.05, 4.69) is 0 Å². The van der Waals surface area contributed by atoms with E-state index < -0.39 is 8.09 Å². The highest BCUT2D eigenvalue weighted by Gasteiger charge is 2.70. The summed E-state index contributed by atoms with van der Waals surface area (Å²) < 4.78 is 18.1. The van der Waals surface area contributed by atoms with Crippen LogP contribution in [0.1, 0.15) is 12.8 Å². The van der Waals surface area contributed by atoms with Crippen LogP contribution < -0.4 is 0 Å². The number of carbonyl (C=O) groups excluding carboxylic acids is 1. The van der Waals surface area contributed by atoms with Crippen LogP contribution in [0.25, 0.3) is 0 Å². The lowest BCUT2D eigenvalue weighted by Crippen LogP contribution is -2.25. The van der Waals surface area contributed by atoms with E-state index in [0.29, 0.717) is 13.2 Å². The molecule has 3 aliphatic heterocycles. The quantitative estimate of drug-likeness (QED) is 0.544. The number of fused-ring (bicyclic) bond motifs is 2. The van der Waals surface area contributed by atoms with Gasteiger partial charge in [0.05, 0.1) is 0 Å². The van der Waals surface area contributed by atoms with Crippen LogP contribution in [0.3, 0.4) is 0 Å². The summed E-state index contributed by atoms with van der Waals surface area (Å²) in [4.78, 5) is 11.4. The first-order valence-electron chi connectivity index (χ1n) is 4.50. The van der Waals surface area contributed by atoms with Gasteiger partial charge in [-0.2, -0.15) is 9.05 Å². The smallest absolute Gasteiger partial charge is 0.245 e. The summed E-state index contributed by atoms with van der Waals surface area (Å²) in [5, 5.41) is 0. The molecule has 0 N–H and O–H groups in total. The summed E-state index contributed by atoms with van der Waals surface area (Å²) in [6, 6.07) is -0.0913. The molecule has 3 rings (SSSR count). The highest BCUT2D eigenvalue weighted by molar-refractivity contribution is 7.60. The third kappa shape index (κ3) is 0.987. The van der Waals surface area contributed by atoms with Crippen LogP contribution in [0.15, 0.2) is 0 Å². The van der Waals surface area contributed by atoms with Gasteiger partial charge in [-0.1, -0.05) is 4.67 Å². The molecule has 0 aromatic rings. The minimum atomic E-state index is -2.37. The number of carbonyl (C=O) groups is 1. The van der Waals surface area contributed by atoms with Crippen molar-refractivity contribution < 1.29 is 18.4 Å². The van der Waals surface area contributed by atoms with Crippen LogP contribution in [0.4, 0.5) is 0 Å². The largest absolute Gasteiger partial charge is 0.553 e. The first-order chi connectivity index (χ1) is 6.32. The van der Waals surface area contributed by atoms with Gasteiger partial charge in [0.2, 0.25) is 0 Å². The van der Waals surface area contributed by atoms with E-state index in [4.69, 9.17) is 13.6 Å². The number of rotatable bonds is 0. The van der Waals surface area contributed by atoms with Crippen LogP contribution in [0.5, 0.6) is 0 Å². The summed E-state index contributed by atoms with van der Waals surface area (Å²) in [6.07, 6.45) is 1.92. The minimum absolute atomic E-state index is 0.0913. The van der Waals surface area contributed by atoms with Crippen molar-refractivity contribution in [1.29, 1.82) is 0 Å². The van der Waals surface area contributed by atoms with E-state index in [9.17, 15) is 4.79 Å². The third-order valence-corrected chi connectivity index (χ3v) is 5.15. The molecule has 0 radical (unpaired) electrons. The molecule has 0 bridgehead atoms. The van der Waals surface area contributed by atoms with E-state index in [1.807, 2.05) is 4.67 Å². The van der Waals surface area contributed by atoms with Crippen molar-refractivity contribution in [2.24, 2.45) is 0 Å². The Hall–Kier alpha value is -0.220.